The van der Waals surface area contributed by atoms with Gasteiger partial charge in [0.05, 0.1) is 29.1 Å². The fraction of sp³-hybridized carbons (Fsp3) is 0.250. The van der Waals surface area contributed by atoms with Crippen molar-refractivity contribution in [3.63, 3.8) is 0 Å². The van der Waals surface area contributed by atoms with Crippen molar-refractivity contribution in [2.45, 2.75) is 13.5 Å². The summed E-state index contributed by atoms with van der Waals surface area (Å²) in [5, 5.41) is 5.74. The predicted molar refractivity (Wildman–Crippen MR) is 71.6 cm³/mol. The van der Waals surface area contributed by atoms with Gasteiger partial charge in [-0.25, -0.2) is 9.78 Å². The maximum atomic E-state index is 11.9. The summed E-state index contributed by atoms with van der Waals surface area (Å²) in [7, 11) is 1.74. The molecule has 0 radical (unpaired) electrons. The lowest BCUT2D eigenvalue weighted by Gasteiger charge is -2.16. The third kappa shape index (κ3) is 3.27. The van der Waals surface area contributed by atoms with Gasteiger partial charge in [-0.15, -0.1) is 11.3 Å². The Morgan fingerprint density at radius 1 is 1.56 bits per heavy atom. The number of aromatic nitrogens is 2. The Balaban J connectivity index is 1.93. The molecule has 0 aliphatic heterocycles. The largest absolute Gasteiger partial charge is 0.322 e. The third-order valence-corrected chi connectivity index (χ3v) is 3.15. The molecule has 0 unspecified atom stereocenters. The summed E-state index contributed by atoms with van der Waals surface area (Å²) in [6, 6.07) is 3.40. The Kier molecular flexibility index (Phi) is 3.88. The van der Waals surface area contributed by atoms with Crippen molar-refractivity contribution in [1.29, 1.82) is 0 Å². The Morgan fingerprint density at radius 3 is 3.00 bits per heavy atom. The average Bonchev–Trinajstić information content (AvgIpc) is 2.76. The van der Waals surface area contributed by atoms with Crippen LogP contribution in [-0.4, -0.2) is 27.9 Å². The molecule has 0 bridgehead atoms. The molecule has 94 valence electrons. The second-order valence-electron chi connectivity index (χ2n) is 3.89. The van der Waals surface area contributed by atoms with E-state index in [-0.39, 0.29) is 6.03 Å². The van der Waals surface area contributed by atoms with Crippen molar-refractivity contribution in [1.82, 2.24) is 14.9 Å². The SMILES string of the molecule is Cc1nc(CN(C)C(=O)Nc2cccnc2)cs1. The second-order valence-corrected chi connectivity index (χ2v) is 4.95. The lowest BCUT2D eigenvalue weighted by molar-refractivity contribution is 0.220. The summed E-state index contributed by atoms with van der Waals surface area (Å²) in [5.41, 5.74) is 1.59. The molecule has 0 aliphatic rings. The zero-order chi connectivity index (χ0) is 13.0. The van der Waals surface area contributed by atoms with E-state index in [1.807, 2.05) is 12.3 Å². The first-order valence-electron chi connectivity index (χ1n) is 5.48. The highest BCUT2D eigenvalue weighted by Crippen LogP contribution is 2.11. The first-order chi connectivity index (χ1) is 8.65. The Morgan fingerprint density at radius 2 is 2.39 bits per heavy atom. The molecule has 0 aliphatic carbocycles. The van der Waals surface area contributed by atoms with Crippen molar-refractivity contribution in [3.8, 4) is 0 Å². The van der Waals surface area contributed by atoms with Crippen LogP contribution in [0.1, 0.15) is 10.7 Å². The Bertz CT molecular complexity index is 526. The van der Waals surface area contributed by atoms with Gasteiger partial charge in [-0.3, -0.25) is 4.98 Å². The van der Waals surface area contributed by atoms with Gasteiger partial charge in [0.1, 0.15) is 0 Å². The van der Waals surface area contributed by atoms with Gasteiger partial charge in [0.15, 0.2) is 0 Å². The van der Waals surface area contributed by atoms with Crippen LogP contribution in [0.2, 0.25) is 0 Å². The number of nitrogens with zero attached hydrogens (tertiary/aromatic N) is 3. The molecule has 0 atom stereocenters. The molecular formula is C12H14N4OS. The van der Waals surface area contributed by atoms with E-state index in [1.165, 1.54) is 0 Å². The van der Waals surface area contributed by atoms with Gasteiger partial charge in [0.25, 0.3) is 0 Å². The molecule has 2 rings (SSSR count). The highest BCUT2D eigenvalue weighted by molar-refractivity contribution is 7.09. The van der Waals surface area contributed by atoms with Crippen LogP contribution >= 0.6 is 11.3 Å². The highest BCUT2D eigenvalue weighted by Gasteiger charge is 2.10. The molecule has 2 amide bonds. The van der Waals surface area contributed by atoms with E-state index < -0.39 is 0 Å². The van der Waals surface area contributed by atoms with Crippen LogP contribution in [-0.2, 0) is 6.54 Å². The third-order valence-electron chi connectivity index (χ3n) is 2.33. The van der Waals surface area contributed by atoms with Gasteiger partial charge < -0.3 is 10.2 Å². The van der Waals surface area contributed by atoms with Crippen molar-refractivity contribution in [2.24, 2.45) is 0 Å². The molecule has 18 heavy (non-hydrogen) atoms. The van der Waals surface area contributed by atoms with E-state index >= 15 is 0 Å². The lowest BCUT2D eigenvalue weighted by Crippen LogP contribution is -2.30. The maximum absolute atomic E-state index is 11.9. The molecule has 2 heterocycles. The number of hydrogen-bond acceptors (Lipinski definition) is 4. The average molecular weight is 262 g/mol. The minimum Gasteiger partial charge on any atom is -0.322 e. The molecule has 0 aromatic carbocycles. The van der Waals surface area contributed by atoms with E-state index in [1.54, 1.807) is 47.8 Å². The van der Waals surface area contributed by atoms with Crippen LogP contribution in [0, 0.1) is 6.92 Å². The first kappa shape index (κ1) is 12.5. The van der Waals surface area contributed by atoms with E-state index in [0.717, 1.165) is 10.7 Å². The number of amides is 2. The molecule has 0 spiro atoms. The number of rotatable bonds is 3. The number of nitrogens with one attached hydrogen (secondary N) is 1. The van der Waals surface area contributed by atoms with Crippen LogP contribution < -0.4 is 5.32 Å². The number of pyridine rings is 1. The highest BCUT2D eigenvalue weighted by atomic mass is 32.1. The molecular weight excluding hydrogens is 248 g/mol. The number of thiazole rings is 1. The summed E-state index contributed by atoms with van der Waals surface area (Å²) < 4.78 is 0. The molecule has 5 nitrogen and oxygen atoms in total. The van der Waals surface area contributed by atoms with Crippen molar-refractivity contribution < 1.29 is 4.79 Å². The quantitative estimate of drug-likeness (QED) is 0.924. The van der Waals surface area contributed by atoms with Crippen LogP contribution in [0.4, 0.5) is 10.5 Å². The fourth-order valence-corrected chi connectivity index (χ4v) is 2.06. The van der Waals surface area contributed by atoms with Crippen LogP contribution in [0.5, 0.6) is 0 Å². The first-order valence-corrected chi connectivity index (χ1v) is 6.36. The summed E-state index contributed by atoms with van der Waals surface area (Å²) in [6.45, 7) is 2.44. The normalized spacial score (nSPS) is 10.1. The molecule has 1 N–H and O–H groups in total. The Hall–Kier alpha value is -1.95. The number of urea groups is 1. The number of hydrogen-bond donors (Lipinski definition) is 1. The van der Waals surface area contributed by atoms with Gasteiger partial charge in [-0.1, -0.05) is 0 Å². The van der Waals surface area contributed by atoms with Crippen molar-refractivity contribution in [3.05, 3.63) is 40.6 Å². The van der Waals surface area contributed by atoms with Crippen LogP contribution in [0.15, 0.2) is 29.9 Å². The number of anilines is 1. The molecule has 0 saturated heterocycles. The summed E-state index contributed by atoms with van der Waals surface area (Å²) in [6.07, 6.45) is 3.27. The number of carbonyl (C=O) groups excluding carboxylic acids is 1. The zero-order valence-corrected chi connectivity index (χ0v) is 11.1. The summed E-state index contributed by atoms with van der Waals surface area (Å²) in [4.78, 5) is 21.7. The fourth-order valence-electron chi connectivity index (χ4n) is 1.45. The zero-order valence-electron chi connectivity index (χ0n) is 10.3. The van der Waals surface area contributed by atoms with Crippen LogP contribution in [0.3, 0.4) is 0 Å². The number of carbonyl (C=O) groups is 1. The van der Waals surface area contributed by atoms with Crippen molar-refractivity contribution >= 4 is 23.1 Å². The smallest absolute Gasteiger partial charge is 0.321 e. The summed E-state index contributed by atoms with van der Waals surface area (Å²) in [5.74, 6) is 0. The minimum atomic E-state index is -0.173. The van der Waals surface area contributed by atoms with Gasteiger partial charge >= 0.3 is 6.03 Å². The van der Waals surface area contributed by atoms with E-state index in [9.17, 15) is 4.79 Å². The molecule has 0 fully saturated rings. The predicted octanol–water partition coefficient (Wildman–Crippen LogP) is 2.51. The molecule has 6 heteroatoms. The Labute approximate surface area is 109 Å². The maximum Gasteiger partial charge on any atom is 0.321 e. The number of aryl methyl sites for hydroxylation is 1. The minimum absolute atomic E-state index is 0.173. The molecule has 0 saturated carbocycles. The van der Waals surface area contributed by atoms with Gasteiger partial charge in [-0.2, -0.15) is 0 Å². The van der Waals surface area contributed by atoms with Gasteiger partial charge in [-0.05, 0) is 19.1 Å². The van der Waals surface area contributed by atoms with Crippen LogP contribution in [0.25, 0.3) is 0 Å². The van der Waals surface area contributed by atoms with Gasteiger partial charge in [0, 0.05) is 18.6 Å². The second kappa shape index (κ2) is 5.59. The lowest BCUT2D eigenvalue weighted by atomic mass is 10.4. The monoisotopic (exact) mass is 262 g/mol. The standard InChI is InChI=1S/C12H14N4OS/c1-9-14-11(8-18-9)7-16(2)12(17)15-10-4-3-5-13-6-10/h3-6,8H,7H2,1-2H3,(H,15,17). The topological polar surface area (TPSA) is 58.1 Å². The summed E-state index contributed by atoms with van der Waals surface area (Å²) >= 11 is 1.58. The van der Waals surface area contributed by atoms with Crippen molar-refractivity contribution in [2.75, 3.05) is 12.4 Å². The molecule has 2 aromatic heterocycles. The van der Waals surface area contributed by atoms with Gasteiger partial charge in [0.2, 0.25) is 0 Å². The molecule has 2 aromatic rings. The van der Waals surface area contributed by atoms with E-state index in [0.29, 0.717) is 12.2 Å². The van der Waals surface area contributed by atoms with E-state index in [2.05, 4.69) is 15.3 Å². The van der Waals surface area contributed by atoms with E-state index in [4.69, 9.17) is 0 Å².